The lowest BCUT2D eigenvalue weighted by molar-refractivity contribution is 0.505. The second kappa shape index (κ2) is 6.77. The summed E-state index contributed by atoms with van der Waals surface area (Å²) in [6.07, 6.45) is 1.48. The van der Waals surface area contributed by atoms with Crippen molar-refractivity contribution in [1.82, 2.24) is 5.32 Å². The molecule has 1 N–H and O–H groups in total. The van der Waals surface area contributed by atoms with Gasteiger partial charge < -0.3 is 5.32 Å². The van der Waals surface area contributed by atoms with E-state index in [-0.39, 0.29) is 16.9 Å². The van der Waals surface area contributed by atoms with Crippen LogP contribution in [0.3, 0.4) is 0 Å². The molecule has 0 spiro atoms. The van der Waals surface area contributed by atoms with Crippen LogP contribution >= 0.6 is 11.6 Å². The van der Waals surface area contributed by atoms with Crippen LogP contribution in [0.15, 0.2) is 30.4 Å². The Morgan fingerprint density at radius 3 is 2.82 bits per heavy atom. The number of halogens is 2. The Morgan fingerprint density at radius 1 is 1.53 bits per heavy atom. The molecule has 0 saturated heterocycles. The van der Waals surface area contributed by atoms with Gasteiger partial charge in [0, 0.05) is 6.04 Å². The minimum absolute atomic E-state index is 0.188. The fraction of sp³-hybridized carbons (Fsp3) is 0.429. The van der Waals surface area contributed by atoms with Gasteiger partial charge in [0.1, 0.15) is 5.82 Å². The van der Waals surface area contributed by atoms with Crippen molar-refractivity contribution in [2.45, 2.75) is 32.7 Å². The normalized spacial score (nSPS) is 12.5. The number of likely N-dealkylation sites (N-methyl/N-ethyl adjacent to an activating group) is 1. The molecule has 0 radical (unpaired) electrons. The van der Waals surface area contributed by atoms with E-state index in [1.54, 1.807) is 18.2 Å². The molecule has 1 aromatic rings. The lowest BCUT2D eigenvalue weighted by Crippen LogP contribution is -2.31. The quantitative estimate of drug-likeness (QED) is 0.759. The van der Waals surface area contributed by atoms with Crippen LogP contribution in [-0.2, 0) is 6.42 Å². The molecule has 1 atom stereocenters. The number of nitrogens with one attached hydrogen (secondary N) is 1. The largest absolute Gasteiger partial charge is 0.314 e. The third kappa shape index (κ3) is 4.49. The van der Waals surface area contributed by atoms with Gasteiger partial charge in [0.15, 0.2) is 0 Å². The summed E-state index contributed by atoms with van der Waals surface area (Å²) in [7, 11) is 0. The van der Waals surface area contributed by atoms with E-state index in [4.69, 9.17) is 11.6 Å². The van der Waals surface area contributed by atoms with Crippen molar-refractivity contribution < 1.29 is 4.39 Å². The molecule has 94 valence electrons. The van der Waals surface area contributed by atoms with Crippen LogP contribution < -0.4 is 5.32 Å². The van der Waals surface area contributed by atoms with E-state index in [1.807, 2.05) is 13.8 Å². The Kier molecular flexibility index (Phi) is 5.66. The van der Waals surface area contributed by atoms with E-state index < -0.39 is 0 Å². The number of rotatable bonds is 6. The molecule has 0 aliphatic heterocycles. The van der Waals surface area contributed by atoms with Crippen LogP contribution in [0.25, 0.3) is 0 Å². The molecule has 0 fully saturated rings. The van der Waals surface area contributed by atoms with E-state index in [0.717, 1.165) is 18.5 Å². The summed E-state index contributed by atoms with van der Waals surface area (Å²) in [4.78, 5) is 0. The molecule has 1 unspecified atom stereocenters. The third-order valence-electron chi connectivity index (χ3n) is 2.59. The maximum absolute atomic E-state index is 13.8. The van der Waals surface area contributed by atoms with Gasteiger partial charge in [-0.05, 0) is 37.9 Å². The Balaban J connectivity index is 2.78. The highest BCUT2D eigenvalue weighted by atomic mass is 35.5. The Hall–Kier alpha value is -0.860. The van der Waals surface area contributed by atoms with Crippen LogP contribution in [0, 0.1) is 5.82 Å². The molecule has 1 nitrogen and oxygen atoms in total. The molecular weight excluding hydrogens is 237 g/mol. The first kappa shape index (κ1) is 14.2. The molecule has 0 aliphatic carbocycles. The maximum atomic E-state index is 13.8. The van der Waals surface area contributed by atoms with Crippen LogP contribution in [0.1, 0.15) is 25.8 Å². The molecular formula is C14H19ClFN. The average Bonchev–Trinajstić information content (AvgIpc) is 2.24. The van der Waals surface area contributed by atoms with Gasteiger partial charge >= 0.3 is 0 Å². The van der Waals surface area contributed by atoms with Crippen LogP contribution in [0.4, 0.5) is 4.39 Å². The summed E-state index contributed by atoms with van der Waals surface area (Å²) < 4.78 is 13.8. The van der Waals surface area contributed by atoms with Crippen LogP contribution in [-0.4, -0.2) is 12.6 Å². The topological polar surface area (TPSA) is 12.0 Å². The van der Waals surface area contributed by atoms with Crippen molar-refractivity contribution in [1.29, 1.82) is 0 Å². The summed E-state index contributed by atoms with van der Waals surface area (Å²) in [5, 5.41) is 3.53. The van der Waals surface area contributed by atoms with Gasteiger partial charge in [0.25, 0.3) is 0 Å². The van der Waals surface area contributed by atoms with Gasteiger partial charge in [-0.15, -0.1) is 6.58 Å². The van der Waals surface area contributed by atoms with Gasteiger partial charge in [0.05, 0.1) is 5.02 Å². The average molecular weight is 256 g/mol. The Bertz CT molecular complexity index is 390. The number of hydrogen-bond acceptors (Lipinski definition) is 1. The zero-order valence-electron chi connectivity index (χ0n) is 10.4. The van der Waals surface area contributed by atoms with Crippen molar-refractivity contribution in [3.05, 3.63) is 46.8 Å². The van der Waals surface area contributed by atoms with Crippen molar-refractivity contribution in [3.63, 3.8) is 0 Å². The van der Waals surface area contributed by atoms with Gasteiger partial charge in [-0.1, -0.05) is 36.2 Å². The standard InChI is InChI=1S/C14H19ClFN/c1-4-17-12(8-10(2)3)9-11-6-5-7-13(15)14(11)16/h5-7,12,17H,2,4,8-9H2,1,3H3. The minimum Gasteiger partial charge on any atom is -0.314 e. The molecule has 0 aromatic heterocycles. The number of hydrogen-bond donors (Lipinski definition) is 1. The summed E-state index contributed by atoms with van der Waals surface area (Å²) >= 11 is 5.77. The first-order valence-corrected chi connectivity index (χ1v) is 6.23. The Labute approximate surface area is 108 Å². The summed E-state index contributed by atoms with van der Waals surface area (Å²) in [5.41, 5.74) is 1.75. The maximum Gasteiger partial charge on any atom is 0.145 e. The van der Waals surface area contributed by atoms with Crippen molar-refractivity contribution in [2.75, 3.05) is 6.54 Å². The first-order chi connectivity index (χ1) is 8.04. The van der Waals surface area contributed by atoms with E-state index in [1.165, 1.54) is 0 Å². The van der Waals surface area contributed by atoms with Crippen molar-refractivity contribution >= 4 is 11.6 Å². The summed E-state index contributed by atoms with van der Waals surface area (Å²) in [6.45, 7) is 8.79. The zero-order chi connectivity index (χ0) is 12.8. The number of benzene rings is 1. The molecule has 1 rings (SSSR count). The highest BCUT2D eigenvalue weighted by Gasteiger charge is 2.13. The lowest BCUT2D eigenvalue weighted by Gasteiger charge is -2.18. The first-order valence-electron chi connectivity index (χ1n) is 5.85. The summed E-state index contributed by atoms with van der Waals surface area (Å²) in [6, 6.07) is 5.35. The lowest BCUT2D eigenvalue weighted by atomic mass is 10.00. The van der Waals surface area contributed by atoms with Gasteiger partial charge in [0.2, 0.25) is 0 Å². The Morgan fingerprint density at radius 2 is 2.24 bits per heavy atom. The van der Waals surface area contributed by atoms with Crippen molar-refractivity contribution in [3.8, 4) is 0 Å². The monoisotopic (exact) mass is 255 g/mol. The fourth-order valence-electron chi connectivity index (χ4n) is 1.90. The van der Waals surface area contributed by atoms with Crippen LogP contribution in [0.5, 0.6) is 0 Å². The molecule has 0 bridgehead atoms. The van der Waals surface area contributed by atoms with E-state index >= 15 is 0 Å². The molecule has 0 saturated carbocycles. The SMILES string of the molecule is C=C(C)CC(Cc1cccc(Cl)c1F)NCC. The summed E-state index contributed by atoms with van der Waals surface area (Å²) in [5.74, 6) is -0.307. The van der Waals surface area contributed by atoms with Gasteiger partial charge in [-0.25, -0.2) is 4.39 Å². The van der Waals surface area contributed by atoms with E-state index in [2.05, 4.69) is 11.9 Å². The van der Waals surface area contributed by atoms with Crippen molar-refractivity contribution in [2.24, 2.45) is 0 Å². The highest BCUT2D eigenvalue weighted by molar-refractivity contribution is 6.30. The van der Waals surface area contributed by atoms with Gasteiger partial charge in [-0.3, -0.25) is 0 Å². The predicted octanol–water partition coefficient (Wildman–Crippen LogP) is 3.97. The third-order valence-corrected chi connectivity index (χ3v) is 2.88. The minimum atomic E-state index is -0.307. The smallest absolute Gasteiger partial charge is 0.145 e. The second-order valence-electron chi connectivity index (χ2n) is 4.33. The predicted molar refractivity (Wildman–Crippen MR) is 72.0 cm³/mol. The molecule has 0 amide bonds. The highest BCUT2D eigenvalue weighted by Crippen LogP contribution is 2.20. The zero-order valence-corrected chi connectivity index (χ0v) is 11.1. The van der Waals surface area contributed by atoms with Crippen LogP contribution in [0.2, 0.25) is 5.02 Å². The molecule has 3 heteroatoms. The molecule has 0 aliphatic rings. The molecule has 1 aromatic carbocycles. The second-order valence-corrected chi connectivity index (χ2v) is 4.74. The van der Waals surface area contributed by atoms with E-state index in [0.29, 0.717) is 12.0 Å². The fourth-order valence-corrected chi connectivity index (χ4v) is 2.09. The molecule has 17 heavy (non-hydrogen) atoms. The van der Waals surface area contributed by atoms with E-state index in [9.17, 15) is 4.39 Å². The molecule has 0 heterocycles. The van der Waals surface area contributed by atoms with Gasteiger partial charge in [-0.2, -0.15) is 0 Å².